The van der Waals surface area contributed by atoms with E-state index in [0.29, 0.717) is 0 Å². The van der Waals surface area contributed by atoms with Crippen LogP contribution in [0.15, 0.2) is 42.5 Å². The van der Waals surface area contributed by atoms with Crippen molar-refractivity contribution in [1.29, 1.82) is 0 Å². The standard InChI is InChI=1S/C22H22/c1-13-16-8-6-7-9-17(16)14(2)21-19-12-15(22(3,4)5)10-11-18(19)20(13)21/h6-12H,1-5H3. The fourth-order valence-electron chi connectivity index (χ4n) is 3.83. The Morgan fingerprint density at radius 3 is 1.77 bits per heavy atom. The summed E-state index contributed by atoms with van der Waals surface area (Å²) in [5.74, 6) is 0. The van der Waals surface area contributed by atoms with E-state index in [4.69, 9.17) is 0 Å². The van der Waals surface area contributed by atoms with Crippen molar-refractivity contribution in [3.63, 3.8) is 0 Å². The Hall–Kier alpha value is -2.08. The lowest BCUT2D eigenvalue weighted by Crippen LogP contribution is -2.13. The zero-order valence-electron chi connectivity index (χ0n) is 14.0. The second kappa shape index (κ2) is 4.23. The molecule has 110 valence electrons. The molecule has 1 aliphatic rings. The first kappa shape index (κ1) is 13.6. The molecule has 22 heavy (non-hydrogen) atoms. The molecule has 0 aliphatic heterocycles. The van der Waals surface area contributed by atoms with Crippen LogP contribution in [0.2, 0.25) is 0 Å². The molecule has 0 spiro atoms. The summed E-state index contributed by atoms with van der Waals surface area (Å²) >= 11 is 0. The maximum absolute atomic E-state index is 2.40. The quantitative estimate of drug-likeness (QED) is 0.351. The largest absolute Gasteiger partial charge is 0.0616 e. The molecule has 0 heterocycles. The minimum Gasteiger partial charge on any atom is -0.0616 e. The van der Waals surface area contributed by atoms with Gasteiger partial charge in [0.15, 0.2) is 0 Å². The molecule has 4 rings (SSSR count). The van der Waals surface area contributed by atoms with Crippen LogP contribution >= 0.6 is 0 Å². The lowest BCUT2D eigenvalue weighted by molar-refractivity contribution is 0.590. The van der Waals surface area contributed by atoms with Gasteiger partial charge in [-0.1, -0.05) is 57.2 Å². The highest BCUT2D eigenvalue weighted by atomic mass is 14.3. The SMILES string of the molecule is Cc1c2c(c(C)c3ccccc13)-c1cc(C(C)(C)C)ccc1-2. The molecule has 0 N–H and O–H groups in total. The predicted octanol–water partition coefficient (Wildman–Crippen LogP) is 6.40. The molecule has 0 saturated heterocycles. The molecule has 0 heteroatoms. The van der Waals surface area contributed by atoms with Crippen LogP contribution in [0.25, 0.3) is 33.0 Å². The van der Waals surface area contributed by atoms with Crippen LogP contribution < -0.4 is 0 Å². The predicted molar refractivity (Wildman–Crippen MR) is 96.6 cm³/mol. The number of rotatable bonds is 0. The second-order valence-electron chi connectivity index (χ2n) is 7.56. The molecule has 0 amide bonds. The summed E-state index contributed by atoms with van der Waals surface area (Å²) in [6.07, 6.45) is 0. The first-order valence-electron chi connectivity index (χ1n) is 8.07. The molecule has 3 aromatic rings. The van der Waals surface area contributed by atoms with Crippen LogP contribution in [0.4, 0.5) is 0 Å². The third kappa shape index (κ3) is 1.64. The number of fused-ring (bicyclic) bond motifs is 5. The Morgan fingerprint density at radius 2 is 1.23 bits per heavy atom. The summed E-state index contributed by atoms with van der Waals surface area (Å²) in [5, 5.41) is 2.79. The summed E-state index contributed by atoms with van der Waals surface area (Å²) in [6, 6.07) is 15.8. The normalized spacial score (nSPS) is 12.8. The second-order valence-corrected chi connectivity index (χ2v) is 7.56. The molecule has 0 nitrogen and oxygen atoms in total. The molecule has 0 saturated carbocycles. The van der Waals surface area contributed by atoms with E-state index in [2.05, 4.69) is 77.1 Å². The highest BCUT2D eigenvalue weighted by molar-refractivity contribution is 6.12. The van der Waals surface area contributed by atoms with E-state index >= 15 is 0 Å². The van der Waals surface area contributed by atoms with E-state index in [1.165, 1.54) is 49.7 Å². The lowest BCUT2D eigenvalue weighted by Gasteiger charge is -2.32. The number of hydrogen-bond donors (Lipinski definition) is 0. The summed E-state index contributed by atoms with van der Waals surface area (Å²) < 4.78 is 0. The van der Waals surface area contributed by atoms with Crippen LogP contribution in [0.3, 0.4) is 0 Å². The number of hydrogen-bond acceptors (Lipinski definition) is 0. The van der Waals surface area contributed by atoms with Gasteiger partial charge in [-0.15, -0.1) is 0 Å². The van der Waals surface area contributed by atoms with Crippen molar-refractivity contribution in [2.24, 2.45) is 0 Å². The Labute approximate surface area is 132 Å². The first-order chi connectivity index (χ1) is 10.4. The minimum absolute atomic E-state index is 0.199. The topological polar surface area (TPSA) is 0 Å². The van der Waals surface area contributed by atoms with Gasteiger partial charge in [0, 0.05) is 0 Å². The summed E-state index contributed by atoms with van der Waals surface area (Å²) in [7, 11) is 0. The van der Waals surface area contributed by atoms with Crippen molar-refractivity contribution in [2.75, 3.05) is 0 Å². The van der Waals surface area contributed by atoms with Crippen LogP contribution in [-0.4, -0.2) is 0 Å². The van der Waals surface area contributed by atoms with Gasteiger partial charge in [0.05, 0.1) is 0 Å². The van der Waals surface area contributed by atoms with Gasteiger partial charge in [-0.2, -0.15) is 0 Å². The van der Waals surface area contributed by atoms with E-state index in [-0.39, 0.29) is 5.41 Å². The molecule has 0 atom stereocenters. The van der Waals surface area contributed by atoms with E-state index in [9.17, 15) is 0 Å². The molecule has 0 unspecified atom stereocenters. The molecular weight excluding hydrogens is 264 g/mol. The Kier molecular flexibility index (Phi) is 2.61. The Balaban J connectivity index is 2.03. The van der Waals surface area contributed by atoms with Crippen LogP contribution in [0.5, 0.6) is 0 Å². The molecule has 0 radical (unpaired) electrons. The first-order valence-corrected chi connectivity index (χ1v) is 8.07. The average molecular weight is 286 g/mol. The highest BCUT2D eigenvalue weighted by Crippen LogP contribution is 2.53. The van der Waals surface area contributed by atoms with Gasteiger partial charge in [0.25, 0.3) is 0 Å². The zero-order chi connectivity index (χ0) is 15.6. The maximum atomic E-state index is 2.40. The van der Waals surface area contributed by atoms with Gasteiger partial charge in [0.2, 0.25) is 0 Å². The third-order valence-electron chi connectivity index (χ3n) is 5.16. The van der Waals surface area contributed by atoms with E-state index in [1.54, 1.807) is 0 Å². The van der Waals surface area contributed by atoms with Gasteiger partial charge in [0.1, 0.15) is 0 Å². The minimum atomic E-state index is 0.199. The van der Waals surface area contributed by atoms with Crippen molar-refractivity contribution in [3.05, 3.63) is 59.2 Å². The fraction of sp³-hybridized carbons (Fsp3) is 0.273. The Morgan fingerprint density at radius 1 is 0.682 bits per heavy atom. The van der Waals surface area contributed by atoms with Gasteiger partial charge in [-0.05, 0) is 75.0 Å². The van der Waals surface area contributed by atoms with E-state index < -0.39 is 0 Å². The molecule has 1 aliphatic carbocycles. The molecule has 0 bridgehead atoms. The van der Waals surface area contributed by atoms with Crippen molar-refractivity contribution in [3.8, 4) is 22.3 Å². The average Bonchev–Trinajstić information content (AvgIpc) is 2.46. The molecule has 0 aromatic heterocycles. The monoisotopic (exact) mass is 286 g/mol. The molecular formula is C22H22. The fourth-order valence-corrected chi connectivity index (χ4v) is 3.83. The van der Waals surface area contributed by atoms with Gasteiger partial charge in [-0.3, -0.25) is 0 Å². The molecule has 0 fully saturated rings. The van der Waals surface area contributed by atoms with Crippen LogP contribution in [0.1, 0.15) is 37.5 Å². The molecule has 3 aromatic carbocycles. The Bertz CT molecular complexity index is 921. The summed E-state index contributed by atoms with van der Waals surface area (Å²) in [4.78, 5) is 0. The van der Waals surface area contributed by atoms with Crippen molar-refractivity contribution < 1.29 is 0 Å². The van der Waals surface area contributed by atoms with Gasteiger partial charge in [-0.25, -0.2) is 0 Å². The van der Waals surface area contributed by atoms with Gasteiger partial charge >= 0.3 is 0 Å². The van der Waals surface area contributed by atoms with Crippen molar-refractivity contribution in [2.45, 2.75) is 40.0 Å². The van der Waals surface area contributed by atoms with Crippen LogP contribution in [-0.2, 0) is 5.41 Å². The van der Waals surface area contributed by atoms with Gasteiger partial charge < -0.3 is 0 Å². The third-order valence-corrected chi connectivity index (χ3v) is 5.16. The maximum Gasteiger partial charge on any atom is -0.00605 e. The number of aryl methyl sites for hydroxylation is 2. The smallest absolute Gasteiger partial charge is 0.00605 e. The lowest BCUT2D eigenvalue weighted by atomic mass is 9.71. The van der Waals surface area contributed by atoms with Crippen molar-refractivity contribution >= 4 is 10.8 Å². The van der Waals surface area contributed by atoms with Crippen molar-refractivity contribution in [1.82, 2.24) is 0 Å². The highest BCUT2D eigenvalue weighted by Gasteiger charge is 2.29. The summed E-state index contributed by atoms with van der Waals surface area (Å²) in [5.41, 5.74) is 10.3. The number of benzene rings is 3. The zero-order valence-corrected chi connectivity index (χ0v) is 14.0. The van der Waals surface area contributed by atoms with E-state index in [1.807, 2.05) is 0 Å². The summed E-state index contributed by atoms with van der Waals surface area (Å²) in [6.45, 7) is 11.4. The van der Waals surface area contributed by atoms with Crippen LogP contribution in [0, 0.1) is 13.8 Å². The van der Waals surface area contributed by atoms with E-state index in [0.717, 1.165) is 0 Å².